The van der Waals surface area contributed by atoms with Crippen molar-refractivity contribution in [2.24, 2.45) is 0 Å². The summed E-state index contributed by atoms with van der Waals surface area (Å²) in [6.45, 7) is 2.45. The van der Waals surface area contributed by atoms with Crippen LogP contribution < -0.4 is 0 Å². The van der Waals surface area contributed by atoms with Crippen molar-refractivity contribution in [3.8, 4) is 11.1 Å². The lowest BCUT2D eigenvalue weighted by atomic mass is 10.0. The van der Waals surface area contributed by atoms with Crippen molar-refractivity contribution in [2.45, 2.75) is 38.5 Å². The zero-order valence-electron chi connectivity index (χ0n) is 14.4. The van der Waals surface area contributed by atoms with Crippen molar-refractivity contribution in [1.29, 1.82) is 0 Å². The Morgan fingerprint density at radius 2 is 1.54 bits per heavy atom. The fourth-order valence-corrected chi connectivity index (χ4v) is 2.45. The zero-order valence-corrected chi connectivity index (χ0v) is 14.4. The Morgan fingerprint density at radius 3 is 2.04 bits per heavy atom. The molecular weight excluding hydrogens is 345 g/mol. The molecule has 0 aliphatic carbocycles. The lowest BCUT2D eigenvalue weighted by Gasteiger charge is -2.15. The number of aliphatic hydroxyl groups excluding tert-OH is 1. The molecule has 0 aromatic heterocycles. The van der Waals surface area contributed by atoms with Crippen LogP contribution >= 0.6 is 0 Å². The summed E-state index contributed by atoms with van der Waals surface area (Å²) in [5.74, 6) is -0.392. The second-order valence-corrected chi connectivity index (χ2v) is 5.99. The molecule has 1 atom stereocenters. The van der Waals surface area contributed by atoms with Gasteiger partial charge in [0.1, 0.15) is 0 Å². The van der Waals surface area contributed by atoms with Crippen LogP contribution in [0.2, 0.25) is 0 Å². The number of hydrogen-bond acceptors (Lipinski definition) is 3. The average molecular weight is 366 g/mol. The van der Waals surface area contributed by atoms with Gasteiger partial charge in [0.2, 0.25) is 0 Å². The Kier molecular flexibility index (Phi) is 6.80. The summed E-state index contributed by atoms with van der Waals surface area (Å²) in [4.78, 5) is 11.9. The van der Waals surface area contributed by atoms with Crippen LogP contribution in [0.1, 0.15) is 48.2 Å². The molecule has 2 aromatic carbocycles. The molecule has 0 saturated heterocycles. The van der Waals surface area contributed by atoms with Gasteiger partial charge in [-0.15, -0.1) is 0 Å². The number of rotatable bonds is 7. The SMILES string of the molecule is CCCCCOC(=O)c1ccc(-c2ccc(C(O)C(F)(F)F)cc2)cc1. The van der Waals surface area contributed by atoms with Crippen molar-refractivity contribution in [3.05, 3.63) is 59.7 Å². The maximum Gasteiger partial charge on any atom is 0.418 e. The van der Waals surface area contributed by atoms with E-state index in [1.54, 1.807) is 24.3 Å². The minimum atomic E-state index is -4.69. The van der Waals surface area contributed by atoms with E-state index in [2.05, 4.69) is 6.92 Å². The van der Waals surface area contributed by atoms with Gasteiger partial charge in [-0.3, -0.25) is 0 Å². The van der Waals surface area contributed by atoms with Crippen molar-refractivity contribution < 1.29 is 27.8 Å². The highest BCUT2D eigenvalue weighted by molar-refractivity contribution is 5.90. The van der Waals surface area contributed by atoms with Gasteiger partial charge in [0.25, 0.3) is 0 Å². The molecular formula is C20H21F3O3. The fourth-order valence-electron chi connectivity index (χ4n) is 2.45. The van der Waals surface area contributed by atoms with E-state index in [1.807, 2.05) is 0 Å². The molecule has 3 nitrogen and oxygen atoms in total. The largest absolute Gasteiger partial charge is 0.462 e. The quantitative estimate of drug-likeness (QED) is 0.534. The van der Waals surface area contributed by atoms with Crippen molar-refractivity contribution in [3.63, 3.8) is 0 Å². The first-order valence-electron chi connectivity index (χ1n) is 8.45. The van der Waals surface area contributed by atoms with Gasteiger partial charge in [0.05, 0.1) is 12.2 Å². The monoisotopic (exact) mass is 366 g/mol. The molecule has 6 heteroatoms. The summed E-state index contributed by atoms with van der Waals surface area (Å²) < 4.78 is 42.7. The normalized spacial score (nSPS) is 12.7. The van der Waals surface area contributed by atoms with Gasteiger partial charge >= 0.3 is 12.1 Å². The average Bonchev–Trinajstić information content (AvgIpc) is 2.64. The highest BCUT2D eigenvalue weighted by Crippen LogP contribution is 2.33. The summed E-state index contributed by atoms with van der Waals surface area (Å²) in [5, 5.41) is 9.24. The molecule has 2 aromatic rings. The summed E-state index contributed by atoms with van der Waals surface area (Å²) in [6.07, 6.45) is -4.31. The van der Waals surface area contributed by atoms with E-state index >= 15 is 0 Å². The number of ether oxygens (including phenoxy) is 1. The Bertz CT molecular complexity index is 707. The van der Waals surface area contributed by atoms with Crippen LogP contribution in [0.5, 0.6) is 0 Å². The number of carbonyl (C=O) groups is 1. The van der Waals surface area contributed by atoms with E-state index in [4.69, 9.17) is 4.74 Å². The minimum Gasteiger partial charge on any atom is -0.462 e. The predicted molar refractivity (Wildman–Crippen MR) is 92.7 cm³/mol. The Labute approximate surface area is 150 Å². The van der Waals surface area contributed by atoms with Crippen LogP contribution in [-0.2, 0) is 4.74 Å². The molecule has 0 radical (unpaired) electrons. The second-order valence-electron chi connectivity index (χ2n) is 5.99. The van der Waals surface area contributed by atoms with Crippen LogP contribution in [0, 0.1) is 0 Å². The molecule has 0 bridgehead atoms. The molecule has 1 unspecified atom stereocenters. The maximum atomic E-state index is 12.5. The van der Waals surface area contributed by atoms with Gasteiger partial charge in [-0.05, 0) is 35.2 Å². The lowest BCUT2D eigenvalue weighted by Crippen LogP contribution is -2.19. The van der Waals surface area contributed by atoms with E-state index in [0.717, 1.165) is 24.8 Å². The second kappa shape index (κ2) is 8.85. The van der Waals surface area contributed by atoms with Gasteiger partial charge < -0.3 is 9.84 Å². The molecule has 0 saturated carbocycles. The van der Waals surface area contributed by atoms with Crippen LogP contribution in [-0.4, -0.2) is 23.9 Å². The van der Waals surface area contributed by atoms with Gasteiger partial charge in [-0.2, -0.15) is 13.2 Å². The molecule has 1 N–H and O–H groups in total. The first-order valence-corrected chi connectivity index (χ1v) is 8.45. The van der Waals surface area contributed by atoms with E-state index in [9.17, 15) is 23.1 Å². The molecule has 2 rings (SSSR count). The standard InChI is InChI=1S/C20H21F3O3/c1-2-3-4-13-26-19(25)17-11-7-15(8-12-17)14-5-9-16(10-6-14)18(24)20(21,22)23/h5-12,18,24H,2-4,13H2,1H3. The number of alkyl halides is 3. The van der Waals surface area contributed by atoms with Gasteiger partial charge in [-0.1, -0.05) is 56.2 Å². The number of carbonyl (C=O) groups excluding carboxylic acids is 1. The van der Waals surface area contributed by atoms with Crippen LogP contribution in [0.15, 0.2) is 48.5 Å². The van der Waals surface area contributed by atoms with Crippen molar-refractivity contribution in [1.82, 2.24) is 0 Å². The third-order valence-corrected chi connectivity index (χ3v) is 3.97. The number of hydrogen-bond donors (Lipinski definition) is 1. The molecule has 0 fully saturated rings. The number of halogens is 3. The first kappa shape index (κ1) is 20.0. The van der Waals surface area contributed by atoms with Crippen molar-refractivity contribution in [2.75, 3.05) is 6.61 Å². The molecule has 26 heavy (non-hydrogen) atoms. The summed E-state index contributed by atoms with van der Waals surface area (Å²) in [5.41, 5.74) is 1.65. The van der Waals surface area contributed by atoms with Crippen LogP contribution in [0.25, 0.3) is 11.1 Å². The fraction of sp³-hybridized carbons (Fsp3) is 0.350. The third-order valence-electron chi connectivity index (χ3n) is 3.97. The third kappa shape index (κ3) is 5.33. The van der Waals surface area contributed by atoms with Gasteiger partial charge in [0.15, 0.2) is 6.10 Å². The predicted octanol–water partition coefficient (Wildman–Crippen LogP) is 5.30. The van der Waals surface area contributed by atoms with E-state index in [0.29, 0.717) is 17.7 Å². The molecule has 0 amide bonds. The topological polar surface area (TPSA) is 46.5 Å². The van der Waals surface area contributed by atoms with E-state index in [-0.39, 0.29) is 5.56 Å². The Morgan fingerprint density at radius 1 is 1.00 bits per heavy atom. The zero-order chi connectivity index (χ0) is 19.2. The van der Waals surface area contributed by atoms with Crippen LogP contribution in [0.3, 0.4) is 0 Å². The van der Waals surface area contributed by atoms with Crippen molar-refractivity contribution >= 4 is 5.97 Å². The summed E-state index contributed by atoms with van der Waals surface area (Å²) in [7, 11) is 0. The first-order chi connectivity index (χ1) is 12.3. The van der Waals surface area contributed by atoms with Crippen LogP contribution in [0.4, 0.5) is 13.2 Å². The Hall–Kier alpha value is -2.34. The molecule has 0 aliphatic rings. The highest BCUT2D eigenvalue weighted by atomic mass is 19.4. The highest BCUT2D eigenvalue weighted by Gasteiger charge is 2.39. The number of esters is 1. The summed E-state index contributed by atoms with van der Waals surface area (Å²) >= 11 is 0. The van der Waals surface area contributed by atoms with E-state index in [1.165, 1.54) is 24.3 Å². The number of aliphatic hydroxyl groups is 1. The van der Waals surface area contributed by atoms with E-state index < -0.39 is 18.2 Å². The number of unbranched alkanes of at least 4 members (excludes halogenated alkanes) is 2. The maximum absolute atomic E-state index is 12.5. The van der Waals surface area contributed by atoms with Gasteiger partial charge in [-0.25, -0.2) is 4.79 Å². The molecule has 0 aliphatic heterocycles. The van der Waals surface area contributed by atoms with Gasteiger partial charge in [0, 0.05) is 0 Å². The summed E-state index contributed by atoms with van der Waals surface area (Å²) in [6, 6.07) is 12.1. The number of benzene rings is 2. The smallest absolute Gasteiger partial charge is 0.418 e. The molecule has 0 spiro atoms. The minimum absolute atomic E-state index is 0.214. The Balaban J connectivity index is 2.03. The molecule has 140 valence electrons. The molecule has 0 heterocycles. The lowest BCUT2D eigenvalue weighted by molar-refractivity contribution is -0.206.